The molecule has 1 unspecified atom stereocenters. The lowest BCUT2D eigenvalue weighted by Crippen LogP contribution is -2.57. The summed E-state index contributed by atoms with van der Waals surface area (Å²) in [5, 5.41) is 11.7. The molecule has 0 saturated carbocycles. The predicted octanol–water partition coefficient (Wildman–Crippen LogP) is 7.49. The molecule has 4 aliphatic heterocycles. The van der Waals surface area contributed by atoms with Gasteiger partial charge in [-0.2, -0.15) is 0 Å². The zero-order valence-electron chi connectivity index (χ0n) is 37.2. The molecular formula is C49H71N7O3. The van der Waals surface area contributed by atoms with Crippen molar-refractivity contribution in [2.24, 2.45) is 17.3 Å². The first-order valence-corrected chi connectivity index (χ1v) is 22.7. The summed E-state index contributed by atoms with van der Waals surface area (Å²) in [6, 6.07) is 19.8. The summed E-state index contributed by atoms with van der Waals surface area (Å²) in [4.78, 5) is 7.53. The van der Waals surface area contributed by atoms with E-state index < -0.39 is 0 Å². The number of hydrogen-bond acceptors (Lipinski definition) is 9. The molecule has 59 heavy (non-hydrogen) atoms. The molecule has 8 rings (SSSR count). The Kier molecular flexibility index (Phi) is 13.2. The molecule has 0 aliphatic carbocycles. The number of methoxy groups -OCH3 is 1. The Balaban J connectivity index is 1.28. The van der Waals surface area contributed by atoms with Crippen molar-refractivity contribution >= 4 is 10.9 Å². The van der Waals surface area contributed by atoms with Crippen molar-refractivity contribution in [3.05, 3.63) is 71.5 Å². The summed E-state index contributed by atoms with van der Waals surface area (Å²) in [5.41, 5.74) is 13.4. The monoisotopic (exact) mass is 806 g/mol. The van der Waals surface area contributed by atoms with Crippen LogP contribution < -0.4 is 20.8 Å². The van der Waals surface area contributed by atoms with Crippen LogP contribution in [0.3, 0.4) is 0 Å². The highest BCUT2D eigenvalue weighted by atomic mass is 16.5. The van der Waals surface area contributed by atoms with E-state index in [1.54, 1.807) is 7.11 Å². The van der Waals surface area contributed by atoms with Crippen molar-refractivity contribution in [2.45, 2.75) is 110 Å². The van der Waals surface area contributed by atoms with E-state index in [1.165, 1.54) is 45.3 Å². The molecule has 10 nitrogen and oxygen atoms in total. The highest BCUT2D eigenvalue weighted by molar-refractivity contribution is 5.95. The third kappa shape index (κ3) is 9.44. The Morgan fingerprint density at radius 2 is 1.85 bits per heavy atom. The number of likely N-dealkylation sites (N-methyl/N-ethyl adjacent to an activating group) is 1. The zero-order chi connectivity index (χ0) is 41.3. The average molecular weight is 806 g/mol. The van der Waals surface area contributed by atoms with E-state index in [2.05, 4.69) is 128 Å². The van der Waals surface area contributed by atoms with Crippen molar-refractivity contribution in [2.75, 3.05) is 66.7 Å². The molecule has 2 saturated heterocycles. The Morgan fingerprint density at radius 3 is 2.66 bits per heavy atom. The molecule has 6 heterocycles. The molecule has 0 amide bonds. The van der Waals surface area contributed by atoms with E-state index in [0.717, 1.165) is 82.0 Å². The van der Waals surface area contributed by atoms with Crippen molar-refractivity contribution in [3.8, 4) is 28.1 Å². The lowest BCUT2D eigenvalue weighted by atomic mass is 9.84. The average Bonchev–Trinajstić information content (AvgIpc) is 3.79. The third-order valence-corrected chi connectivity index (χ3v) is 13.7. The second-order valence-corrected chi connectivity index (χ2v) is 19.2. The predicted molar refractivity (Wildman–Crippen MR) is 240 cm³/mol. The third-order valence-electron chi connectivity index (χ3n) is 13.7. The maximum absolute atomic E-state index is 6.86. The molecule has 0 radical (unpaired) electrons. The molecule has 10 heteroatoms. The van der Waals surface area contributed by atoms with Crippen LogP contribution in [0.4, 0.5) is 0 Å². The van der Waals surface area contributed by atoms with Crippen LogP contribution in [-0.4, -0.2) is 110 Å². The fourth-order valence-corrected chi connectivity index (χ4v) is 10.6. The van der Waals surface area contributed by atoms with Crippen LogP contribution in [0.5, 0.6) is 5.75 Å². The normalized spacial score (nSPS) is 27.6. The first-order chi connectivity index (χ1) is 28.5. The second kappa shape index (κ2) is 18.3. The number of aromatic nitrogens is 2. The number of rotatable bonds is 5. The Hall–Kier alpha value is -3.35. The van der Waals surface area contributed by atoms with Crippen molar-refractivity contribution in [3.63, 3.8) is 0 Å². The Bertz CT molecular complexity index is 2050. The number of nitrogens with one attached hydrogen (secondary N) is 3. The summed E-state index contributed by atoms with van der Waals surface area (Å²) < 4.78 is 22.0. The molecular weight excluding hydrogens is 735 g/mol. The van der Waals surface area contributed by atoms with Gasteiger partial charge in [0.1, 0.15) is 12.4 Å². The molecule has 4 aliphatic rings. The smallest absolute Gasteiger partial charge is 0.120 e. The molecule has 2 aromatic carbocycles. The SMILES string of the molecule is CCn1c(-c2cccnc2[C@H](C)OC)c2c3cc(ccc31)-c1cc3cc(c1)OC[C@H]1NCC[C@H]1CN(C)[C@@H](C(C)C)CN[C@@H](C3)CN1CCC[C@@H](COCC(C)(C)C2)N1. The minimum Gasteiger partial charge on any atom is -0.492 e. The van der Waals surface area contributed by atoms with Crippen molar-refractivity contribution in [1.82, 2.24) is 35.5 Å². The Labute approximate surface area is 353 Å². The van der Waals surface area contributed by atoms with Crippen molar-refractivity contribution in [1.29, 1.82) is 0 Å². The quantitative estimate of drug-likeness (QED) is 0.190. The van der Waals surface area contributed by atoms with Gasteiger partial charge in [-0.3, -0.25) is 4.98 Å². The van der Waals surface area contributed by atoms with Gasteiger partial charge in [0, 0.05) is 86.7 Å². The van der Waals surface area contributed by atoms with E-state index >= 15 is 0 Å². The maximum Gasteiger partial charge on any atom is 0.120 e. The molecule has 2 fully saturated rings. The standard InChI is InChI=1S/C49H71N7O3/c1-9-56-45-15-14-35-24-42(45)43(48(56)41-13-10-17-51-47(41)33(4)57-8)25-49(5,6)31-58-29-38-12-11-19-55(53-38)28-39-21-34-20-37(35)23-40(22-34)59-30-44-36(16-18-50-44)27-54(7)46(26-52-39)32(2)3/h10,13-15,17,20,22-24,32-33,36,38-39,44,46,50,52-53H,9,11-12,16,18-19,21,25-31H2,1-8H3/t33-,36-,38-,39-,44+,46+/m0/s1. The number of hydrogen-bond donors (Lipinski definition) is 3. The van der Waals surface area contributed by atoms with E-state index in [1.807, 2.05) is 6.20 Å². The summed E-state index contributed by atoms with van der Waals surface area (Å²) in [7, 11) is 4.11. The molecule has 2 aromatic heterocycles. The van der Waals surface area contributed by atoms with Crippen molar-refractivity contribution < 1.29 is 14.2 Å². The summed E-state index contributed by atoms with van der Waals surface area (Å²) in [5.74, 6) is 2.04. The van der Waals surface area contributed by atoms with Gasteiger partial charge in [-0.25, -0.2) is 10.4 Å². The highest BCUT2D eigenvalue weighted by Crippen LogP contribution is 2.42. The minimum atomic E-state index is -0.143. The number of nitrogens with zero attached hydrogens (tertiary/aromatic N) is 4. The zero-order valence-corrected chi connectivity index (χ0v) is 37.2. The van der Waals surface area contributed by atoms with Crippen LogP contribution >= 0.6 is 0 Å². The fraction of sp³-hybridized carbons (Fsp3) is 0.612. The number of benzene rings is 2. The molecule has 7 atom stereocenters. The van der Waals surface area contributed by atoms with Crippen LogP contribution in [-0.2, 0) is 28.9 Å². The molecule has 320 valence electrons. The minimum absolute atomic E-state index is 0.125. The van der Waals surface area contributed by atoms with Gasteiger partial charge in [0.25, 0.3) is 0 Å². The van der Waals surface area contributed by atoms with E-state index in [-0.39, 0.29) is 23.6 Å². The molecule has 8 bridgehead atoms. The van der Waals surface area contributed by atoms with Crippen LogP contribution in [0.25, 0.3) is 33.3 Å². The number of pyridine rings is 1. The first kappa shape index (κ1) is 42.3. The summed E-state index contributed by atoms with van der Waals surface area (Å²) >= 11 is 0. The molecule has 0 spiro atoms. The summed E-state index contributed by atoms with van der Waals surface area (Å²) in [6.45, 7) is 21.8. The van der Waals surface area contributed by atoms with Gasteiger partial charge in [0.2, 0.25) is 0 Å². The van der Waals surface area contributed by atoms with E-state index in [9.17, 15) is 0 Å². The van der Waals surface area contributed by atoms with E-state index in [0.29, 0.717) is 43.7 Å². The van der Waals surface area contributed by atoms with Gasteiger partial charge in [-0.1, -0.05) is 39.8 Å². The lowest BCUT2D eigenvalue weighted by molar-refractivity contribution is 0.0109. The van der Waals surface area contributed by atoms with E-state index in [4.69, 9.17) is 19.2 Å². The lowest BCUT2D eigenvalue weighted by Gasteiger charge is -2.39. The van der Waals surface area contributed by atoms with Gasteiger partial charge in [-0.05, 0) is 135 Å². The van der Waals surface area contributed by atoms with Gasteiger partial charge in [-0.15, -0.1) is 0 Å². The van der Waals surface area contributed by atoms with Gasteiger partial charge in [0.15, 0.2) is 0 Å². The number of aryl methyl sites for hydroxylation is 1. The summed E-state index contributed by atoms with van der Waals surface area (Å²) in [6.07, 6.45) is 6.97. The van der Waals surface area contributed by atoms with Crippen LogP contribution in [0.2, 0.25) is 0 Å². The number of ether oxygens (including phenoxy) is 3. The maximum atomic E-state index is 6.86. The fourth-order valence-electron chi connectivity index (χ4n) is 10.6. The second-order valence-electron chi connectivity index (χ2n) is 19.2. The largest absolute Gasteiger partial charge is 0.492 e. The van der Waals surface area contributed by atoms with Gasteiger partial charge in [0.05, 0.1) is 30.7 Å². The molecule has 4 aromatic rings. The van der Waals surface area contributed by atoms with Crippen LogP contribution in [0.15, 0.2) is 54.7 Å². The highest BCUT2D eigenvalue weighted by Gasteiger charge is 2.33. The van der Waals surface area contributed by atoms with Gasteiger partial charge < -0.3 is 34.3 Å². The van der Waals surface area contributed by atoms with Crippen LogP contribution in [0, 0.1) is 17.3 Å². The first-order valence-electron chi connectivity index (χ1n) is 22.7. The topological polar surface area (TPSA) is 88.1 Å². The van der Waals surface area contributed by atoms with Gasteiger partial charge >= 0.3 is 0 Å². The Morgan fingerprint density at radius 1 is 0.983 bits per heavy atom. The number of hydrazine groups is 1. The number of fused-ring (bicyclic) bond motifs is 8. The molecule has 3 N–H and O–H groups in total. The van der Waals surface area contributed by atoms with Crippen LogP contribution in [0.1, 0.15) is 83.7 Å².